The van der Waals surface area contributed by atoms with Crippen LogP contribution in [0.2, 0.25) is 0 Å². The number of nitro groups is 1. The Kier molecular flexibility index (Phi) is 5.41. The monoisotopic (exact) mass is 343 g/mol. The number of benzene rings is 2. The van der Waals surface area contributed by atoms with Gasteiger partial charge in [-0.05, 0) is 12.1 Å². The first-order chi connectivity index (χ1) is 11.9. The summed E-state index contributed by atoms with van der Waals surface area (Å²) in [6.07, 6.45) is 0. The summed E-state index contributed by atoms with van der Waals surface area (Å²) in [5, 5.41) is 18.8. The first-order valence-electron chi connectivity index (χ1n) is 6.96. The Morgan fingerprint density at radius 2 is 1.60 bits per heavy atom. The molecule has 0 unspecified atom stereocenters. The average molecular weight is 343 g/mol. The number of nitro benzene ring substituents is 1. The summed E-state index contributed by atoms with van der Waals surface area (Å²) in [6.45, 7) is 0. The van der Waals surface area contributed by atoms with Gasteiger partial charge in [0, 0.05) is 17.7 Å². The van der Waals surface area contributed by atoms with Crippen LogP contribution in [0.1, 0.15) is 0 Å². The number of halogens is 1. The third-order valence-electron chi connectivity index (χ3n) is 3.00. The summed E-state index contributed by atoms with van der Waals surface area (Å²) in [4.78, 5) is 16.9. The maximum absolute atomic E-state index is 13.6. The maximum atomic E-state index is 13.6. The van der Waals surface area contributed by atoms with Crippen LogP contribution in [0.4, 0.5) is 21.8 Å². The van der Waals surface area contributed by atoms with Gasteiger partial charge in [0.2, 0.25) is 5.95 Å². The van der Waals surface area contributed by atoms with E-state index in [1.807, 2.05) is 6.07 Å². The molecule has 0 atom stereocenters. The van der Waals surface area contributed by atoms with E-state index >= 15 is 0 Å². The van der Waals surface area contributed by atoms with Crippen LogP contribution in [-0.4, -0.2) is 20.0 Å². The van der Waals surface area contributed by atoms with E-state index in [0.29, 0.717) is 5.56 Å². The number of anilines is 2. The molecule has 128 valence electrons. The number of nitrogens with zero attached hydrogens (tertiary/aromatic N) is 3. The molecule has 0 fully saturated rings. The molecule has 0 aliphatic rings. The summed E-state index contributed by atoms with van der Waals surface area (Å²) in [5.74, 6) is -0.880. The van der Waals surface area contributed by atoms with Crippen molar-refractivity contribution in [3.8, 4) is 17.0 Å². The fourth-order valence-corrected chi connectivity index (χ4v) is 1.84. The summed E-state index contributed by atoms with van der Waals surface area (Å²) >= 11 is 0. The molecule has 3 aromatic rings. The molecule has 0 saturated heterocycles. The molecular weight excluding hydrogens is 329 g/mol. The van der Waals surface area contributed by atoms with E-state index in [1.54, 1.807) is 24.3 Å². The van der Waals surface area contributed by atoms with Gasteiger partial charge in [0.1, 0.15) is 11.4 Å². The molecule has 0 amide bonds. The lowest BCUT2D eigenvalue weighted by Crippen LogP contribution is -2.04. The Balaban J connectivity index is 0.000000196. The Morgan fingerprint density at radius 3 is 2.16 bits per heavy atom. The van der Waals surface area contributed by atoms with Crippen LogP contribution in [0.3, 0.4) is 0 Å². The third kappa shape index (κ3) is 4.61. The normalized spacial score (nSPS) is 9.80. The van der Waals surface area contributed by atoms with Gasteiger partial charge >= 0.3 is 0 Å². The van der Waals surface area contributed by atoms with Gasteiger partial charge in [0.25, 0.3) is 5.69 Å². The molecule has 0 spiro atoms. The Hall–Kier alpha value is -3.75. The molecule has 3 rings (SSSR count). The van der Waals surface area contributed by atoms with Crippen LogP contribution in [0.5, 0.6) is 5.75 Å². The number of aromatic hydroxyl groups is 1. The minimum atomic E-state index is -0.643. The van der Waals surface area contributed by atoms with Gasteiger partial charge in [-0.2, -0.15) is 4.98 Å². The van der Waals surface area contributed by atoms with Crippen LogP contribution < -0.4 is 11.5 Å². The van der Waals surface area contributed by atoms with Crippen molar-refractivity contribution in [3.05, 3.63) is 70.5 Å². The van der Waals surface area contributed by atoms with Gasteiger partial charge in [-0.3, -0.25) is 10.1 Å². The van der Waals surface area contributed by atoms with Crippen LogP contribution in [-0.2, 0) is 0 Å². The second-order valence-corrected chi connectivity index (χ2v) is 4.77. The predicted octanol–water partition coefficient (Wildman–Crippen LogP) is 2.75. The van der Waals surface area contributed by atoms with Gasteiger partial charge < -0.3 is 16.6 Å². The van der Waals surface area contributed by atoms with E-state index in [0.717, 1.165) is 0 Å². The maximum Gasteiger partial charge on any atom is 0.269 e. The van der Waals surface area contributed by atoms with Crippen LogP contribution in [0, 0.1) is 15.9 Å². The van der Waals surface area contributed by atoms with Gasteiger partial charge in [-0.15, -0.1) is 0 Å². The molecule has 0 radical (unpaired) electrons. The molecule has 2 aromatic carbocycles. The average Bonchev–Trinajstić information content (AvgIpc) is 2.60. The SMILES string of the molecule is Nc1nc(N)c(F)c(-c2ccccc2)n1.O=[N+]([O-])c1ccc(O)cc1. The number of nitrogens with two attached hydrogens (primary N) is 2. The molecular formula is C16H14FN5O3. The van der Waals surface area contributed by atoms with Gasteiger partial charge in [-0.1, -0.05) is 30.3 Å². The summed E-state index contributed by atoms with van der Waals surface area (Å²) in [7, 11) is 0. The van der Waals surface area contributed by atoms with E-state index in [-0.39, 0.29) is 28.9 Å². The van der Waals surface area contributed by atoms with Crippen molar-refractivity contribution in [2.45, 2.75) is 0 Å². The van der Waals surface area contributed by atoms with Crippen molar-refractivity contribution in [1.29, 1.82) is 0 Å². The molecule has 9 heteroatoms. The van der Waals surface area contributed by atoms with Crippen molar-refractivity contribution in [2.24, 2.45) is 0 Å². The zero-order chi connectivity index (χ0) is 18.4. The molecule has 0 aliphatic heterocycles. The summed E-state index contributed by atoms with van der Waals surface area (Å²) < 4.78 is 13.6. The highest BCUT2D eigenvalue weighted by Crippen LogP contribution is 2.23. The molecule has 0 bridgehead atoms. The lowest BCUT2D eigenvalue weighted by molar-refractivity contribution is -0.384. The van der Waals surface area contributed by atoms with Crippen molar-refractivity contribution in [1.82, 2.24) is 9.97 Å². The molecule has 0 aliphatic carbocycles. The highest BCUT2D eigenvalue weighted by Gasteiger charge is 2.12. The van der Waals surface area contributed by atoms with E-state index in [1.165, 1.54) is 24.3 Å². The smallest absolute Gasteiger partial charge is 0.269 e. The first-order valence-corrected chi connectivity index (χ1v) is 6.96. The number of phenols is 1. The second-order valence-electron chi connectivity index (χ2n) is 4.77. The number of hydrogen-bond acceptors (Lipinski definition) is 7. The number of nitrogen functional groups attached to an aromatic ring is 2. The standard InChI is InChI=1S/C10H9FN4.C6H5NO3/c11-7-8(6-4-2-1-3-5-6)14-10(13)15-9(7)12;8-6-3-1-5(2-4-6)7(9)10/h1-5H,(H4,12,13,14,15);1-4,8H. The number of phenolic OH excluding ortho intramolecular Hbond substituents is 1. The van der Waals surface area contributed by atoms with Gasteiger partial charge in [0.05, 0.1) is 4.92 Å². The Morgan fingerprint density at radius 1 is 1.00 bits per heavy atom. The molecule has 5 N–H and O–H groups in total. The predicted molar refractivity (Wildman–Crippen MR) is 91.0 cm³/mol. The van der Waals surface area contributed by atoms with Crippen molar-refractivity contribution in [3.63, 3.8) is 0 Å². The zero-order valence-electron chi connectivity index (χ0n) is 12.8. The van der Waals surface area contributed by atoms with Gasteiger partial charge in [0.15, 0.2) is 11.6 Å². The zero-order valence-corrected chi connectivity index (χ0v) is 12.8. The number of aromatic nitrogens is 2. The number of rotatable bonds is 2. The highest BCUT2D eigenvalue weighted by atomic mass is 19.1. The molecule has 0 saturated carbocycles. The lowest BCUT2D eigenvalue weighted by atomic mass is 10.1. The molecule has 1 heterocycles. The van der Waals surface area contributed by atoms with E-state index in [4.69, 9.17) is 16.6 Å². The Labute approximate surface area is 141 Å². The first kappa shape index (κ1) is 17.6. The largest absolute Gasteiger partial charge is 0.508 e. The highest BCUT2D eigenvalue weighted by molar-refractivity contribution is 5.64. The third-order valence-corrected chi connectivity index (χ3v) is 3.00. The molecule has 25 heavy (non-hydrogen) atoms. The minimum Gasteiger partial charge on any atom is -0.508 e. The van der Waals surface area contributed by atoms with Crippen molar-refractivity contribution >= 4 is 17.5 Å². The fraction of sp³-hybridized carbons (Fsp3) is 0. The minimum absolute atomic E-state index is 0.0159. The van der Waals surface area contributed by atoms with Gasteiger partial charge in [-0.25, -0.2) is 9.37 Å². The van der Waals surface area contributed by atoms with E-state index in [9.17, 15) is 14.5 Å². The summed E-state index contributed by atoms with van der Waals surface area (Å²) in [5.41, 5.74) is 11.5. The van der Waals surface area contributed by atoms with Crippen LogP contribution in [0.25, 0.3) is 11.3 Å². The fourth-order valence-electron chi connectivity index (χ4n) is 1.84. The molecule has 8 nitrogen and oxygen atoms in total. The van der Waals surface area contributed by atoms with E-state index in [2.05, 4.69) is 9.97 Å². The van der Waals surface area contributed by atoms with Crippen LogP contribution in [0.15, 0.2) is 54.6 Å². The van der Waals surface area contributed by atoms with Crippen molar-refractivity contribution in [2.75, 3.05) is 11.5 Å². The number of hydrogen-bond donors (Lipinski definition) is 3. The number of non-ortho nitro benzene ring substituents is 1. The van der Waals surface area contributed by atoms with E-state index < -0.39 is 10.7 Å². The Bertz CT molecular complexity index is 873. The topological polar surface area (TPSA) is 141 Å². The van der Waals surface area contributed by atoms with Crippen LogP contribution >= 0.6 is 0 Å². The summed E-state index contributed by atoms with van der Waals surface area (Å²) in [6, 6.07) is 13.9. The second kappa shape index (κ2) is 7.68. The quantitative estimate of drug-likeness (QED) is 0.480. The van der Waals surface area contributed by atoms with Crippen molar-refractivity contribution < 1.29 is 14.4 Å². The lowest BCUT2D eigenvalue weighted by Gasteiger charge is -2.04. The molecule has 1 aromatic heterocycles.